The van der Waals surface area contributed by atoms with Crippen molar-refractivity contribution in [3.8, 4) is 6.07 Å². The normalized spacial score (nSPS) is 12.1. The molecule has 0 aliphatic rings. The lowest BCUT2D eigenvalue weighted by molar-refractivity contribution is -0.143. The van der Waals surface area contributed by atoms with Gasteiger partial charge >= 0.3 is 12.1 Å². The zero-order valence-electron chi connectivity index (χ0n) is 13.0. The van der Waals surface area contributed by atoms with E-state index in [2.05, 4.69) is 10.1 Å². The van der Waals surface area contributed by atoms with Crippen molar-refractivity contribution in [2.24, 2.45) is 0 Å². The summed E-state index contributed by atoms with van der Waals surface area (Å²) in [5.74, 6) is -1.75. The molecule has 5 nitrogen and oxygen atoms in total. The minimum Gasteiger partial charge on any atom is -0.467 e. The van der Waals surface area contributed by atoms with Crippen molar-refractivity contribution in [1.29, 1.82) is 5.26 Å². The lowest BCUT2D eigenvalue weighted by Gasteiger charge is -2.18. The molecular weight excluding hydrogens is 325 g/mol. The summed E-state index contributed by atoms with van der Waals surface area (Å²) in [6, 6.07) is 5.21. The third-order valence-electron chi connectivity index (χ3n) is 3.30. The van der Waals surface area contributed by atoms with Crippen LogP contribution in [0.5, 0.6) is 0 Å². The van der Waals surface area contributed by atoms with Crippen LogP contribution in [0, 0.1) is 11.3 Å². The Bertz CT molecular complexity index is 624. The highest BCUT2D eigenvalue weighted by molar-refractivity contribution is 5.98. The Labute approximate surface area is 137 Å². The molecule has 1 amide bonds. The number of ether oxygens (including phenoxy) is 1. The maximum Gasteiger partial charge on any atom is 0.417 e. The van der Waals surface area contributed by atoms with Crippen molar-refractivity contribution in [3.63, 3.8) is 0 Å². The Balaban J connectivity index is 2.89. The highest BCUT2D eigenvalue weighted by Crippen LogP contribution is 2.31. The number of halogens is 3. The van der Waals surface area contributed by atoms with E-state index in [0.29, 0.717) is 19.3 Å². The Kier molecular flexibility index (Phi) is 7.24. The van der Waals surface area contributed by atoms with Gasteiger partial charge < -0.3 is 10.1 Å². The van der Waals surface area contributed by atoms with Gasteiger partial charge in [-0.3, -0.25) is 4.79 Å². The number of alkyl halides is 3. The van der Waals surface area contributed by atoms with Crippen molar-refractivity contribution < 1.29 is 27.5 Å². The molecular formula is C16H17F3N2O3. The predicted molar refractivity (Wildman–Crippen MR) is 78.8 cm³/mol. The van der Waals surface area contributed by atoms with E-state index in [1.54, 1.807) is 0 Å². The Morgan fingerprint density at radius 3 is 2.54 bits per heavy atom. The molecule has 0 aliphatic heterocycles. The highest BCUT2D eigenvalue weighted by atomic mass is 19.4. The van der Waals surface area contributed by atoms with Crippen LogP contribution in [0.4, 0.5) is 13.2 Å². The van der Waals surface area contributed by atoms with Crippen molar-refractivity contribution in [3.05, 3.63) is 35.4 Å². The van der Waals surface area contributed by atoms with E-state index in [9.17, 15) is 22.8 Å². The number of carbonyl (C=O) groups is 2. The summed E-state index contributed by atoms with van der Waals surface area (Å²) < 4.78 is 43.4. The number of nitriles is 1. The molecule has 0 fully saturated rings. The van der Waals surface area contributed by atoms with Gasteiger partial charge in [-0.15, -0.1) is 0 Å². The van der Waals surface area contributed by atoms with Gasteiger partial charge in [0.05, 0.1) is 24.3 Å². The number of rotatable bonds is 7. The second-order valence-corrected chi connectivity index (χ2v) is 5.00. The minimum absolute atomic E-state index is 0.175. The lowest BCUT2D eigenvalue weighted by atomic mass is 10.0. The van der Waals surface area contributed by atoms with Crippen LogP contribution < -0.4 is 5.32 Å². The fourth-order valence-electron chi connectivity index (χ4n) is 2.11. The first-order chi connectivity index (χ1) is 11.3. The number of esters is 1. The van der Waals surface area contributed by atoms with Gasteiger partial charge in [0.1, 0.15) is 6.04 Å². The van der Waals surface area contributed by atoms with Gasteiger partial charge in [0, 0.05) is 6.42 Å². The molecule has 0 aromatic heterocycles. The molecule has 0 saturated heterocycles. The van der Waals surface area contributed by atoms with Gasteiger partial charge in [-0.2, -0.15) is 18.4 Å². The van der Waals surface area contributed by atoms with Crippen LogP contribution in [-0.4, -0.2) is 25.0 Å². The molecule has 0 radical (unpaired) electrons. The summed E-state index contributed by atoms with van der Waals surface area (Å²) in [6.45, 7) is 0. The summed E-state index contributed by atoms with van der Waals surface area (Å²) in [6.07, 6.45) is -3.25. The van der Waals surface area contributed by atoms with Crippen LogP contribution in [0.15, 0.2) is 24.3 Å². The third kappa shape index (κ3) is 5.57. The maximum absolute atomic E-state index is 13.0. The average Bonchev–Trinajstić information content (AvgIpc) is 2.56. The van der Waals surface area contributed by atoms with Gasteiger partial charge in [0.25, 0.3) is 5.91 Å². The number of hydrogen-bond donors (Lipinski definition) is 1. The van der Waals surface area contributed by atoms with Crippen LogP contribution in [0.1, 0.15) is 41.6 Å². The van der Waals surface area contributed by atoms with E-state index < -0.39 is 35.2 Å². The largest absolute Gasteiger partial charge is 0.467 e. The van der Waals surface area contributed by atoms with Gasteiger partial charge in [-0.1, -0.05) is 12.1 Å². The van der Waals surface area contributed by atoms with E-state index >= 15 is 0 Å². The van der Waals surface area contributed by atoms with E-state index in [0.717, 1.165) is 19.2 Å². The summed E-state index contributed by atoms with van der Waals surface area (Å²) in [5.41, 5.74) is -1.63. The van der Waals surface area contributed by atoms with Crippen LogP contribution in [0.3, 0.4) is 0 Å². The fraction of sp³-hybridized carbons (Fsp3) is 0.438. The molecule has 0 saturated carbocycles. The quantitative estimate of drug-likeness (QED) is 0.610. The van der Waals surface area contributed by atoms with Gasteiger partial charge in [0.15, 0.2) is 0 Å². The predicted octanol–water partition coefficient (Wildman–Crippen LogP) is 3.06. The second-order valence-electron chi connectivity index (χ2n) is 5.00. The summed E-state index contributed by atoms with van der Waals surface area (Å²) in [4.78, 5) is 23.9. The fourth-order valence-corrected chi connectivity index (χ4v) is 2.11. The second kappa shape index (κ2) is 8.91. The van der Waals surface area contributed by atoms with E-state index in [-0.39, 0.29) is 6.42 Å². The molecule has 0 aliphatic carbocycles. The number of hydrogen-bond acceptors (Lipinski definition) is 4. The molecule has 8 heteroatoms. The van der Waals surface area contributed by atoms with E-state index in [1.807, 2.05) is 6.07 Å². The molecule has 1 aromatic rings. The van der Waals surface area contributed by atoms with E-state index in [1.165, 1.54) is 12.1 Å². The standard InChI is InChI=1S/C16H17F3N2O3/c1-24-15(23)13(9-3-2-6-10-20)21-14(22)11-7-4-5-8-12(11)16(17,18)19/h4-5,7-8,13H,2-3,6,9H2,1H3,(H,21,22)/t13-/m0/s1. The summed E-state index contributed by atoms with van der Waals surface area (Å²) in [5, 5.41) is 10.7. The first-order valence-corrected chi connectivity index (χ1v) is 7.23. The van der Waals surface area contributed by atoms with E-state index in [4.69, 9.17) is 5.26 Å². The lowest BCUT2D eigenvalue weighted by Crippen LogP contribution is -2.42. The molecule has 1 N–H and O–H groups in total. The molecule has 1 rings (SSSR count). The Morgan fingerprint density at radius 1 is 1.29 bits per heavy atom. The van der Waals surface area contributed by atoms with Crippen LogP contribution >= 0.6 is 0 Å². The van der Waals surface area contributed by atoms with Crippen molar-refractivity contribution >= 4 is 11.9 Å². The maximum atomic E-state index is 13.0. The Hall–Kier alpha value is -2.56. The number of nitrogens with zero attached hydrogens (tertiary/aromatic N) is 1. The number of nitrogens with one attached hydrogen (secondary N) is 1. The van der Waals surface area contributed by atoms with Crippen molar-refractivity contribution in [2.75, 3.05) is 7.11 Å². The monoisotopic (exact) mass is 342 g/mol. The molecule has 1 aromatic carbocycles. The summed E-state index contributed by atoms with van der Waals surface area (Å²) in [7, 11) is 1.13. The van der Waals surface area contributed by atoms with Crippen molar-refractivity contribution in [2.45, 2.75) is 37.9 Å². The van der Waals surface area contributed by atoms with Gasteiger partial charge in [-0.25, -0.2) is 4.79 Å². The molecule has 0 bridgehead atoms. The molecule has 1 atom stereocenters. The zero-order chi connectivity index (χ0) is 18.2. The topological polar surface area (TPSA) is 79.2 Å². The molecule has 130 valence electrons. The van der Waals surface area contributed by atoms with Crippen LogP contribution in [0.2, 0.25) is 0 Å². The number of amides is 1. The Morgan fingerprint density at radius 2 is 1.96 bits per heavy atom. The summed E-state index contributed by atoms with van der Waals surface area (Å²) >= 11 is 0. The molecule has 24 heavy (non-hydrogen) atoms. The smallest absolute Gasteiger partial charge is 0.417 e. The average molecular weight is 342 g/mol. The minimum atomic E-state index is -4.68. The first kappa shape index (κ1) is 19.5. The molecule has 0 spiro atoms. The van der Waals surface area contributed by atoms with Crippen LogP contribution in [0.25, 0.3) is 0 Å². The van der Waals surface area contributed by atoms with Gasteiger partial charge in [-0.05, 0) is 31.4 Å². The number of methoxy groups -OCH3 is 1. The highest BCUT2D eigenvalue weighted by Gasteiger charge is 2.35. The van der Waals surface area contributed by atoms with Crippen molar-refractivity contribution in [1.82, 2.24) is 5.32 Å². The zero-order valence-corrected chi connectivity index (χ0v) is 13.0. The van der Waals surface area contributed by atoms with Crippen LogP contribution in [-0.2, 0) is 15.7 Å². The molecule has 0 heterocycles. The first-order valence-electron chi connectivity index (χ1n) is 7.23. The van der Waals surface area contributed by atoms with Gasteiger partial charge in [0.2, 0.25) is 0 Å². The third-order valence-corrected chi connectivity index (χ3v) is 3.30. The number of unbranched alkanes of at least 4 members (excludes halogenated alkanes) is 2. The molecule has 0 unspecified atom stereocenters. The number of carbonyl (C=O) groups excluding carboxylic acids is 2. The SMILES string of the molecule is COC(=O)[C@H](CCCCC#N)NC(=O)c1ccccc1C(F)(F)F. The number of benzene rings is 1.